The fraction of sp³-hybridized carbons (Fsp3) is 0.600. The van der Waals surface area contributed by atoms with Gasteiger partial charge in [0.25, 0.3) is 0 Å². The lowest BCUT2D eigenvalue weighted by Gasteiger charge is -2.24. The largest absolute Gasteiger partial charge is 0.445 e. The number of rotatable bonds is 7. The van der Waals surface area contributed by atoms with Crippen LogP contribution in [-0.2, 0) is 16.1 Å². The molecule has 2 amide bonds. The van der Waals surface area contributed by atoms with Crippen molar-refractivity contribution in [3.05, 3.63) is 35.9 Å². The van der Waals surface area contributed by atoms with Gasteiger partial charge in [-0.1, -0.05) is 30.3 Å². The molecule has 1 fully saturated rings. The number of ether oxygens (including phenoxy) is 2. The molecule has 0 radical (unpaired) electrons. The number of likely N-dealkylation sites (tertiary alicyclic amines) is 1. The van der Waals surface area contributed by atoms with Gasteiger partial charge in [0.15, 0.2) is 0 Å². The Labute approximate surface area is 161 Å². The Morgan fingerprint density at radius 2 is 1.93 bits per heavy atom. The lowest BCUT2D eigenvalue weighted by atomic mass is 10.2. The van der Waals surface area contributed by atoms with E-state index in [4.69, 9.17) is 9.47 Å². The van der Waals surface area contributed by atoms with Crippen LogP contribution in [0.15, 0.2) is 30.3 Å². The van der Waals surface area contributed by atoms with E-state index in [0.29, 0.717) is 19.6 Å². The van der Waals surface area contributed by atoms with Crippen molar-refractivity contribution in [2.45, 2.75) is 51.9 Å². The molecule has 1 aromatic rings. The second-order valence-electron chi connectivity index (χ2n) is 7.71. The molecule has 0 aromatic heterocycles. The highest BCUT2D eigenvalue weighted by Gasteiger charge is 2.29. The van der Waals surface area contributed by atoms with E-state index in [1.165, 1.54) is 0 Å². The number of nitrogens with one attached hydrogen (secondary N) is 2. The van der Waals surface area contributed by atoms with Gasteiger partial charge in [-0.3, -0.25) is 0 Å². The number of carbonyl (C=O) groups excluding carboxylic acids is 2. The van der Waals surface area contributed by atoms with Crippen LogP contribution in [0, 0.1) is 0 Å². The predicted molar refractivity (Wildman–Crippen MR) is 103 cm³/mol. The summed E-state index contributed by atoms with van der Waals surface area (Å²) in [5, 5.41) is 6.16. The fourth-order valence-electron chi connectivity index (χ4n) is 2.78. The summed E-state index contributed by atoms with van der Waals surface area (Å²) in [6.45, 7) is 8.55. The summed E-state index contributed by atoms with van der Waals surface area (Å²) >= 11 is 0. The molecule has 27 heavy (non-hydrogen) atoms. The molecule has 0 bridgehead atoms. The van der Waals surface area contributed by atoms with Gasteiger partial charge in [0, 0.05) is 25.7 Å². The SMILES string of the molecule is CC(C)(C)OC(=O)N1CCC(NCCCNC(=O)OCc2ccccc2)C1. The van der Waals surface area contributed by atoms with Crippen molar-refractivity contribution in [2.75, 3.05) is 26.2 Å². The summed E-state index contributed by atoms with van der Waals surface area (Å²) in [5.74, 6) is 0. The van der Waals surface area contributed by atoms with Crippen LogP contribution >= 0.6 is 0 Å². The Morgan fingerprint density at radius 3 is 2.63 bits per heavy atom. The van der Waals surface area contributed by atoms with Crippen LogP contribution in [0.1, 0.15) is 39.2 Å². The minimum atomic E-state index is -0.469. The van der Waals surface area contributed by atoms with Crippen LogP contribution in [0.2, 0.25) is 0 Å². The van der Waals surface area contributed by atoms with Gasteiger partial charge in [-0.25, -0.2) is 9.59 Å². The van der Waals surface area contributed by atoms with Crippen molar-refractivity contribution in [2.24, 2.45) is 0 Å². The molecule has 1 heterocycles. The van der Waals surface area contributed by atoms with Gasteiger partial charge in [-0.15, -0.1) is 0 Å². The molecule has 1 aliphatic heterocycles. The molecule has 1 unspecified atom stereocenters. The molecule has 0 aliphatic carbocycles. The maximum absolute atomic E-state index is 12.0. The van der Waals surface area contributed by atoms with Gasteiger partial charge in [0.1, 0.15) is 12.2 Å². The molecule has 1 aliphatic rings. The van der Waals surface area contributed by atoms with E-state index in [2.05, 4.69) is 10.6 Å². The third-order valence-corrected chi connectivity index (χ3v) is 4.11. The molecular weight excluding hydrogens is 346 g/mol. The van der Waals surface area contributed by atoms with Crippen LogP contribution in [0.4, 0.5) is 9.59 Å². The van der Waals surface area contributed by atoms with Crippen molar-refractivity contribution >= 4 is 12.2 Å². The molecule has 1 atom stereocenters. The first-order valence-electron chi connectivity index (χ1n) is 9.49. The van der Waals surface area contributed by atoms with Crippen molar-refractivity contribution in [1.29, 1.82) is 0 Å². The fourth-order valence-corrected chi connectivity index (χ4v) is 2.78. The predicted octanol–water partition coefficient (Wildman–Crippen LogP) is 2.90. The summed E-state index contributed by atoms with van der Waals surface area (Å²) in [5.41, 5.74) is 0.494. The second-order valence-corrected chi connectivity index (χ2v) is 7.71. The second kappa shape index (κ2) is 10.2. The number of benzene rings is 1. The highest BCUT2D eigenvalue weighted by Crippen LogP contribution is 2.15. The van der Waals surface area contributed by atoms with E-state index in [0.717, 1.165) is 24.9 Å². The first kappa shape index (κ1) is 21.0. The van der Waals surface area contributed by atoms with Crippen LogP contribution in [0.25, 0.3) is 0 Å². The highest BCUT2D eigenvalue weighted by molar-refractivity contribution is 5.68. The van der Waals surface area contributed by atoms with Crippen molar-refractivity contribution in [3.8, 4) is 0 Å². The maximum atomic E-state index is 12.0. The number of amides is 2. The Kier molecular flexibility index (Phi) is 7.91. The van der Waals surface area contributed by atoms with Gasteiger partial charge >= 0.3 is 12.2 Å². The number of nitrogens with zero attached hydrogens (tertiary/aromatic N) is 1. The molecular formula is C20H31N3O4. The zero-order valence-corrected chi connectivity index (χ0v) is 16.5. The van der Waals surface area contributed by atoms with Crippen LogP contribution in [0.5, 0.6) is 0 Å². The molecule has 0 saturated carbocycles. The van der Waals surface area contributed by atoms with Crippen molar-refractivity contribution in [3.63, 3.8) is 0 Å². The van der Waals surface area contributed by atoms with Gasteiger partial charge in [-0.2, -0.15) is 0 Å². The van der Waals surface area contributed by atoms with E-state index in [1.807, 2.05) is 51.1 Å². The summed E-state index contributed by atoms with van der Waals surface area (Å²) < 4.78 is 10.6. The number of hydrogen-bond acceptors (Lipinski definition) is 5. The Hall–Kier alpha value is -2.28. The Bertz CT molecular complexity index is 601. The summed E-state index contributed by atoms with van der Waals surface area (Å²) in [4.78, 5) is 25.4. The molecule has 1 saturated heterocycles. The summed E-state index contributed by atoms with van der Waals surface area (Å²) in [7, 11) is 0. The third-order valence-electron chi connectivity index (χ3n) is 4.11. The lowest BCUT2D eigenvalue weighted by molar-refractivity contribution is 0.0291. The molecule has 7 heteroatoms. The molecule has 0 spiro atoms. The molecule has 2 rings (SSSR count). The average molecular weight is 377 g/mol. The minimum absolute atomic E-state index is 0.255. The zero-order valence-electron chi connectivity index (χ0n) is 16.5. The first-order valence-corrected chi connectivity index (χ1v) is 9.49. The zero-order chi connectivity index (χ0) is 19.7. The first-order chi connectivity index (χ1) is 12.8. The molecule has 1 aromatic carbocycles. The maximum Gasteiger partial charge on any atom is 0.410 e. The van der Waals surface area contributed by atoms with E-state index < -0.39 is 11.7 Å². The molecule has 2 N–H and O–H groups in total. The quantitative estimate of drug-likeness (QED) is 0.714. The third kappa shape index (κ3) is 8.30. The van der Waals surface area contributed by atoms with E-state index in [-0.39, 0.29) is 18.7 Å². The normalized spacial score (nSPS) is 16.9. The van der Waals surface area contributed by atoms with Gasteiger partial charge < -0.3 is 25.0 Å². The van der Waals surface area contributed by atoms with Crippen LogP contribution < -0.4 is 10.6 Å². The Balaban J connectivity index is 1.52. The molecule has 150 valence electrons. The minimum Gasteiger partial charge on any atom is -0.445 e. The van der Waals surface area contributed by atoms with E-state index in [9.17, 15) is 9.59 Å². The van der Waals surface area contributed by atoms with Crippen LogP contribution in [0.3, 0.4) is 0 Å². The number of carbonyl (C=O) groups is 2. The van der Waals surface area contributed by atoms with Gasteiger partial charge in [0.05, 0.1) is 0 Å². The van der Waals surface area contributed by atoms with Crippen LogP contribution in [-0.4, -0.2) is 54.9 Å². The topological polar surface area (TPSA) is 79.9 Å². The smallest absolute Gasteiger partial charge is 0.410 e. The monoisotopic (exact) mass is 377 g/mol. The number of alkyl carbamates (subject to hydrolysis) is 1. The molecule has 7 nitrogen and oxygen atoms in total. The van der Waals surface area contributed by atoms with E-state index >= 15 is 0 Å². The highest BCUT2D eigenvalue weighted by atomic mass is 16.6. The van der Waals surface area contributed by atoms with Gasteiger partial charge in [0.2, 0.25) is 0 Å². The number of hydrogen-bond donors (Lipinski definition) is 2. The van der Waals surface area contributed by atoms with Crippen molar-refractivity contribution < 1.29 is 19.1 Å². The average Bonchev–Trinajstić information content (AvgIpc) is 3.08. The lowest BCUT2D eigenvalue weighted by Crippen LogP contribution is -2.39. The van der Waals surface area contributed by atoms with Gasteiger partial charge in [-0.05, 0) is 45.7 Å². The van der Waals surface area contributed by atoms with Crippen molar-refractivity contribution in [1.82, 2.24) is 15.5 Å². The summed E-state index contributed by atoms with van der Waals surface area (Å²) in [6, 6.07) is 9.85. The van der Waals surface area contributed by atoms with E-state index in [1.54, 1.807) is 4.90 Å². The summed E-state index contributed by atoms with van der Waals surface area (Å²) in [6.07, 6.45) is 1.04. The standard InChI is InChI=1S/C20H31N3O4/c1-20(2,3)27-19(25)23-13-10-17(14-23)21-11-7-12-22-18(24)26-15-16-8-5-4-6-9-16/h4-6,8-9,17,21H,7,10-15H2,1-3H3,(H,22,24). The Morgan fingerprint density at radius 1 is 1.19 bits per heavy atom.